The topological polar surface area (TPSA) is 169 Å². The third-order valence-electron chi connectivity index (χ3n) is 3.78. The molecule has 0 aliphatic carbocycles. The molecule has 0 aliphatic heterocycles. The Labute approximate surface area is 176 Å². The molecule has 0 aliphatic rings. The molecule has 2 rings (SSSR count). The molecule has 0 heterocycles. The summed E-state index contributed by atoms with van der Waals surface area (Å²) in [6.45, 7) is 0. The Morgan fingerprint density at radius 3 is 1.61 bits per heavy atom. The van der Waals surface area contributed by atoms with Gasteiger partial charge >= 0.3 is 0 Å². The Hall–Kier alpha value is -4.48. The summed E-state index contributed by atoms with van der Waals surface area (Å²) in [5, 5.41) is 28.9. The highest BCUT2D eigenvalue weighted by atomic mass is 16.6. The first kappa shape index (κ1) is 22.8. The summed E-state index contributed by atoms with van der Waals surface area (Å²) in [6, 6.07) is 11.5. The first-order valence-electron chi connectivity index (χ1n) is 8.98. The predicted molar refractivity (Wildman–Crippen MR) is 112 cm³/mol. The minimum absolute atomic E-state index is 0.0360. The van der Waals surface area contributed by atoms with Gasteiger partial charge in [0, 0.05) is 48.2 Å². The summed E-state index contributed by atoms with van der Waals surface area (Å²) in [5.74, 6) is -0.843. The second-order valence-electron chi connectivity index (χ2n) is 6.14. The lowest BCUT2D eigenvalue weighted by Gasteiger charge is -2.01. The van der Waals surface area contributed by atoms with Gasteiger partial charge < -0.3 is 0 Å². The van der Waals surface area contributed by atoms with Gasteiger partial charge in [-0.3, -0.25) is 29.8 Å². The van der Waals surface area contributed by atoms with E-state index in [1.807, 2.05) is 0 Å². The first-order chi connectivity index (χ1) is 14.8. The van der Waals surface area contributed by atoms with Gasteiger partial charge in [-0.05, 0) is 6.42 Å². The van der Waals surface area contributed by atoms with Crippen molar-refractivity contribution in [3.8, 4) is 0 Å². The molecule has 0 bridgehead atoms. The van der Waals surface area contributed by atoms with E-state index in [0.29, 0.717) is 11.1 Å². The van der Waals surface area contributed by atoms with Crippen molar-refractivity contribution in [2.24, 2.45) is 10.2 Å². The zero-order chi connectivity index (χ0) is 22.6. The number of nitrogens with one attached hydrogen (secondary N) is 2. The molecule has 12 heteroatoms. The Morgan fingerprint density at radius 1 is 0.806 bits per heavy atom. The number of amides is 2. The van der Waals surface area contributed by atoms with E-state index in [1.165, 1.54) is 48.8 Å². The summed E-state index contributed by atoms with van der Waals surface area (Å²) in [4.78, 5) is 43.8. The largest absolute Gasteiger partial charge is 0.273 e. The minimum Gasteiger partial charge on any atom is -0.273 e. The summed E-state index contributed by atoms with van der Waals surface area (Å²) in [5.41, 5.74) is 5.29. The number of hydrogen-bond acceptors (Lipinski definition) is 8. The minimum atomic E-state index is -0.533. The molecule has 2 aromatic carbocycles. The molecule has 2 aromatic rings. The van der Waals surface area contributed by atoms with E-state index in [-0.39, 0.29) is 30.6 Å². The van der Waals surface area contributed by atoms with E-state index in [1.54, 1.807) is 12.1 Å². The number of benzene rings is 2. The van der Waals surface area contributed by atoms with Crippen molar-refractivity contribution >= 4 is 35.6 Å². The maximum atomic E-state index is 11.7. The van der Waals surface area contributed by atoms with Gasteiger partial charge in [0.05, 0.1) is 22.3 Å². The Bertz CT molecular complexity index is 955. The van der Waals surface area contributed by atoms with Crippen LogP contribution in [0.3, 0.4) is 0 Å². The molecule has 0 atom stereocenters. The van der Waals surface area contributed by atoms with Gasteiger partial charge in [0.15, 0.2) is 0 Å². The molecule has 31 heavy (non-hydrogen) atoms. The van der Waals surface area contributed by atoms with Crippen LogP contribution in [-0.2, 0) is 9.59 Å². The summed E-state index contributed by atoms with van der Waals surface area (Å²) in [7, 11) is 0. The number of nitro benzene ring substituents is 2. The molecule has 0 saturated heterocycles. The molecule has 0 fully saturated rings. The van der Waals surface area contributed by atoms with Crippen molar-refractivity contribution in [2.45, 2.75) is 19.3 Å². The molecular formula is C19H18N6O6. The smallest absolute Gasteiger partial charge is 0.270 e. The Balaban J connectivity index is 1.69. The SMILES string of the molecule is O=C(CCCC(=O)N/N=C\c1cccc([N+](=O)[O-])c1)N/N=C\c1cccc([N+](=O)[O-])c1. The van der Waals surface area contributed by atoms with E-state index in [9.17, 15) is 29.8 Å². The zero-order valence-corrected chi connectivity index (χ0v) is 16.1. The standard InChI is InChI=1S/C19H18N6O6/c26-18(22-20-12-14-4-1-6-16(10-14)24(28)29)8-3-9-19(27)23-21-13-15-5-2-7-17(11-15)25(30)31/h1-2,4-7,10-13H,3,8-9H2,(H,22,26)(H,23,27)/b20-12-,21-13-. The number of hydrazone groups is 2. The van der Waals surface area contributed by atoms with Crippen molar-refractivity contribution in [3.63, 3.8) is 0 Å². The van der Waals surface area contributed by atoms with Gasteiger partial charge in [0.1, 0.15) is 0 Å². The molecule has 0 radical (unpaired) electrons. The van der Waals surface area contributed by atoms with Gasteiger partial charge in [0.2, 0.25) is 11.8 Å². The number of hydrogen-bond donors (Lipinski definition) is 2. The lowest BCUT2D eigenvalue weighted by molar-refractivity contribution is -0.385. The third-order valence-corrected chi connectivity index (χ3v) is 3.78. The van der Waals surface area contributed by atoms with Crippen LogP contribution in [0.4, 0.5) is 11.4 Å². The van der Waals surface area contributed by atoms with Gasteiger partial charge in [-0.15, -0.1) is 0 Å². The lowest BCUT2D eigenvalue weighted by Crippen LogP contribution is -2.20. The van der Waals surface area contributed by atoms with Crippen molar-refractivity contribution < 1.29 is 19.4 Å². The Kier molecular flexibility index (Phi) is 8.46. The van der Waals surface area contributed by atoms with Crippen molar-refractivity contribution in [2.75, 3.05) is 0 Å². The van der Waals surface area contributed by atoms with Crippen LogP contribution in [0, 0.1) is 20.2 Å². The molecule has 160 valence electrons. The van der Waals surface area contributed by atoms with Crippen molar-refractivity contribution in [3.05, 3.63) is 79.9 Å². The molecule has 0 aromatic heterocycles. The molecule has 0 spiro atoms. The van der Waals surface area contributed by atoms with Crippen LogP contribution in [0.25, 0.3) is 0 Å². The normalized spacial score (nSPS) is 10.8. The van der Waals surface area contributed by atoms with Crippen molar-refractivity contribution in [1.82, 2.24) is 10.9 Å². The predicted octanol–water partition coefficient (Wildman–Crippen LogP) is 2.27. The van der Waals surface area contributed by atoms with E-state index < -0.39 is 21.7 Å². The fourth-order valence-electron chi connectivity index (χ4n) is 2.32. The number of carbonyl (C=O) groups excluding carboxylic acids is 2. The lowest BCUT2D eigenvalue weighted by atomic mass is 10.2. The van der Waals surface area contributed by atoms with E-state index >= 15 is 0 Å². The molecule has 2 N–H and O–H groups in total. The maximum absolute atomic E-state index is 11.7. The third kappa shape index (κ3) is 8.19. The van der Waals surface area contributed by atoms with Crippen LogP contribution >= 0.6 is 0 Å². The second-order valence-corrected chi connectivity index (χ2v) is 6.14. The van der Waals surface area contributed by atoms with Crippen LogP contribution in [0.5, 0.6) is 0 Å². The highest BCUT2D eigenvalue weighted by Gasteiger charge is 2.06. The molecule has 12 nitrogen and oxygen atoms in total. The number of nitro groups is 2. The number of rotatable bonds is 10. The van der Waals surface area contributed by atoms with Gasteiger partial charge in [-0.25, -0.2) is 10.9 Å². The van der Waals surface area contributed by atoms with Crippen molar-refractivity contribution in [1.29, 1.82) is 0 Å². The summed E-state index contributed by atoms with van der Waals surface area (Å²) >= 11 is 0. The van der Waals surface area contributed by atoms with Crippen LogP contribution in [0.1, 0.15) is 30.4 Å². The summed E-state index contributed by atoms with van der Waals surface area (Å²) in [6.07, 6.45) is 2.87. The Morgan fingerprint density at radius 2 is 1.23 bits per heavy atom. The average Bonchev–Trinajstić information content (AvgIpc) is 2.74. The zero-order valence-electron chi connectivity index (χ0n) is 16.1. The van der Waals surface area contributed by atoms with Gasteiger partial charge in [-0.2, -0.15) is 10.2 Å². The van der Waals surface area contributed by atoms with E-state index in [2.05, 4.69) is 21.1 Å². The van der Waals surface area contributed by atoms with Gasteiger partial charge in [-0.1, -0.05) is 24.3 Å². The first-order valence-corrected chi connectivity index (χ1v) is 8.98. The molecule has 2 amide bonds. The number of non-ortho nitro benzene ring substituents is 2. The number of nitrogens with zero attached hydrogens (tertiary/aromatic N) is 4. The van der Waals surface area contributed by atoms with E-state index in [4.69, 9.17) is 0 Å². The average molecular weight is 426 g/mol. The molecule has 0 saturated carbocycles. The van der Waals surface area contributed by atoms with Crippen LogP contribution < -0.4 is 10.9 Å². The monoisotopic (exact) mass is 426 g/mol. The van der Waals surface area contributed by atoms with E-state index in [0.717, 1.165) is 0 Å². The van der Waals surface area contributed by atoms with Crippen LogP contribution in [-0.4, -0.2) is 34.1 Å². The molecular weight excluding hydrogens is 408 g/mol. The quantitative estimate of drug-likeness (QED) is 0.335. The fourth-order valence-corrected chi connectivity index (χ4v) is 2.32. The van der Waals surface area contributed by atoms with Crippen LogP contribution in [0.15, 0.2) is 58.7 Å². The molecule has 0 unspecified atom stereocenters. The van der Waals surface area contributed by atoms with Crippen LogP contribution in [0.2, 0.25) is 0 Å². The fraction of sp³-hybridized carbons (Fsp3) is 0.158. The number of carbonyl (C=O) groups is 2. The second kappa shape index (κ2) is 11.5. The highest BCUT2D eigenvalue weighted by molar-refractivity contribution is 5.84. The highest BCUT2D eigenvalue weighted by Crippen LogP contribution is 2.12. The summed E-state index contributed by atoms with van der Waals surface area (Å²) < 4.78 is 0. The maximum Gasteiger partial charge on any atom is 0.270 e. The van der Waals surface area contributed by atoms with Gasteiger partial charge in [0.25, 0.3) is 11.4 Å².